The summed E-state index contributed by atoms with van der Waals surface area (Å²) in [6, 6.07) is 4.57. The predicted molar refractivity (Wildman–Crippen MR) is 79.1 cm³/mol. The molecular formula is C14H18FNO4S. The van der Waals surface area contributed by atoms with Gasteiger partial charge in [0.25, 0.3) is 0 Å². The number of carboxylic acid groups (broad SMARTS) is 1. The third kappa shape index (κ3) is 6.99. The molecule has 0 heterocycles. The Morgan fingerprint density at radius 2 is 2.05 bits per heavy atom. The molecule has 0 aliphatic heterocycles. The van der Waals surface area contributed by atoms with E-state index in [1.165, 1.54) is 36.0 Å². The van der Waals surface area contributed by atoms with E-state index < -0.39 is 12.0 Å². The van der Waals surface area contributed by atoms with Gasteiger partial charge in [0, 0.05) is 0 Å². The minimum Gasteiger partial charge on any atom is -0.493 e. The van der Waals surface area contributed by atoms with Crippen LogP contribution in [0.15, 0.2) is 24.3 Å². The molecule has 1 rings (SSSR count). The maximum Gasteiger partial charge on any atom is 0.326 e. The molecule has 0 unspecified atom stereocenters. The quantitative estimate of drug-likeness (QED) is 0.728. The number of benzene rings is 1. The average molecular weight is 315 g/mol. The summed E-state index contributed by atoms with van der Waals surface area (Å²) in [5.41, 5.74) is 0. The Kier molecular flexibility index (Phi) is 7.60. The molecule has 0 bridgehead atoms. The highest BCUT2D eigenvalue weighted by Gasteiger charge is 2.19. The summed E-state index contributed by atoms with van der Waals surface area (Å²) in [5, 5.41) is 11.4. The van der Waals surface area contributed by atoms with Gasteiger partial charge in [-0.2, -0.15) is 11.8 Å². The molecule has 0 radical (unpaired) electrons. The van der Waals surface area contributed by atoms with E-state index in [0.717, 1.165) is 0 Å². The number of hydrogen-bond acceptors (Lipinski definition) is 4. The van der Waals surface area contributed by atoms with Crippen LogP contribution in [0.1, 0.15) is 12.8 Å². The van der Waals surface area contributed by atoms with E-state index >= 15 is 0 Å². The summed E-state index contributed by atoms with van der Waals surface area (Å²) in [5.74, 6) is -0.675. The van der Waals surface area contributed by atoms with Crippen molar-refractivity contribution in [3.63, 3.8) is 0 Å². The second-order valence-corrected chi connectivity index (χ2v) is 5.28. The second kappa shape index (κ2) is 9.23. The highest BCUT2D eigenvalue weighted by atomic mass is 32.2. The first-order valence-electron chi connectivity index (χ1n) is 6.42. The zero-order chi connectivity index (χ0) is 15.7. The molecule has 21 heavy (non-hydrogen) atoms. The van der Waals surface area contributed by atoms with Crippen LogP contribution in [0, 0.1) is 5.82 Å². The van der Waals surface area contributed by atoms with Gasteiger partial charge in [-0.3, -0.25) is 4.79 Å². The standard InChI is InChI=1S/C14H18FNO4S/c1-21-9-7-12(14(18)19)16-13(17)6-8-20-11-4-2-10(15)3-5-11/h2-5,12H,6-9H2,1H3,(H,16,17)(H,18,19)/t12-/m0/s1. The fourth-order valence-corrected chi connectivity index (χ4v) is 2.02. The molecule has 5 nitrogen and oxygen atoms in total. The van der Waals surface area contributed by atoms with Crippen molar-refractivity contribution in [2.24, 2.45) is 0 Å². The normalized spacial score (nSPS) is 11.7. The molecule has 1 aromatic rings. The lowest BCUT2D eigenvalue weighted by molar-refractivity contribution is -0.141. The summed E-state index contributed by atoms with van der Waals surface area (Å²) >= 11 is 1.52. The monoisotopic (exact) mass is 315 g/mol. The van der Waals surface area contributed by atoms with Crippen LogP contribution in [0.2, 0.25) is 0 Å². The summed E-state index contributed by atoms with van der Waals surface area (Å²) in [6.45, 7) is 0.104. The fraction of sp³-hybridized carbons (Fsp3) is 0.429. The number of nitrogens with one attached hydrogen (secondary N) is 1. The Labute approximate surface area is 126 Å². The van der Waals surface area contributed by atoms with E-state index in [-0.39, 0.29) is 24.8 Å². The lowest BCUT2D eigenvalue weighted by Gasteiger charge is -2.14. The van der Waals surface area contributed by atoms with Crippen molar-refractivity contribution in [2.45, 2.75) is 18.9 Å². The van der Waals surface area contributed by atoms with E-state index in [1.807, 2.05) is 6.26 Å². The third-order valence-corrected chi connectivity index (χ3v) is 3.30. The maximum atomic E-state index is 12.7. The van der Waals surface area contributed by atoms with Gasteiger partial charge in [0.1, 0.15) is 17.6 Å². The van der Waals surface area contributed by atoms with Crippen LogP contribution >= 0.6 is 11.8 Å². The molecule has 0 spiro atoms. The van der Waals surface area contributed by atoms with Crippen molar-refractivity contribution in [1.82, 2.24) is 5.32 Å². The van der Waals surface area contributed by atoms with Gasteiger partial charge in [0.15, 0.2) is 0 Å². The highest BCUT2D eigenvalue weighted by molar-refractivity contribution is 7.98. The summed E-state index contributed by atoms with van der Waals surface area (Å²) in [7, 11) is 0. The van der Waals surface area contributed by atoms with Gasteiger partial charge in [0.2, 0.25) is 5.91 Å². The topological polar surface area (TPSA) is 75.6 Å². The Hall–Kier alpha value is -1.76. The second-order valence-electron chi connectivity index (χ2n) is 4.29. The number of rotatable bonds is 9. The van der Waals surface area contributed by atoms with Crippen molar-refractivity contribution >= 4 is 23.6 Å². The van der Waals surface area contributed by atoms with Crippen LogP contribution in [0.4, 0.5) is 4.39 Å². The number of carbonyl (C=O) groups is 2. The summed E-state index contributed by atoms with van der Waals surface area (Å²) < 4.78 is 18.0. The van der Waals surface area contributed by atoms with Crippen LogP contribution < -0.4 is 10.1 Å². The summed E-state index contributed by atoms with van der Waals surface area (Å²) in [4.78, 5) is 22.6. The molecule has 0 saturated carbocycles. The molecule has 1 aromatic carbocycles. The van der Waals surface area contributed by atoms with E-state index in [1.54, 1.807) is 0 Å². The number of thioether (sulfide) groups is 1. The first kappa shape index (κ1) is 17.3. The lowest BCUT2D eigenvalue weighted by atomic mass is 10.2. The van der Waals surface area contributed by atoms with Crippen molar-refractivity contribution in [3.05, 3.63) is 30.1 Å². The molecular weight excluding hydrogens is 297 g/mol. The van der Waals surface area contributed by atoms with Crippen LogP contribution in [-0.4, -0.2) is 41.6 Å². The molecule has 7 heteroatoms. The Balaban J connectivity index is 2.32. The predicted octanol–water partition coefficient (Wildman–Crippen LogP) is 1.92. The minimum absolute atomic E-state index is 0.0421. The molecule has 116 valence electrons. The molecule has 1 amide bonds. The van der Waals surface area contributed by atoms with Crippen molar-refractivity contribution in [1.29, 1.82) is 0 Å². The first-order chi connectivity index (χ1) is 10.0. The van der Waals surface area contributed by atoms with E-state index in [2.05, 4.69) is 5.32 Å². The zero-order valence-corrected chi connectivity index (χ0v) is 12.5. The average Bonchev–Trinajstić information content (AvgIpc) is 2.45. The largest absolute Gasteiger partial charge is 0.493 e. The number of aliphatic carboxylic acids is 1. The first-order valence-corrected chi connectivity index (χ1v) is 7.81. The third-order valence-electron chi connectivity index (χ3n) is 2.66. The van der Waals surface area contributed by atoms with Crippen molar-refractivity contribution < 1.29 is 23.8 Å². The van der Waals surface area contributed by atoms with Gasteiger partial charge >= 0.3 is 5.97 Å². The number of amides is 1. The molecule has 0 fully saturated rings. The van der Waals surface area contributed by atoms with Gasteiger partial charge in [-0.25, -0.2) is 9.18 Å². The number of hydrogen-bond donors (Lipinski definition) is 2. The van der Waals surface area contributed by atoms with Crippen molar-refractivity contribution in [3.8, 4) is 5.75 Å². The SMILES string of the molecule is CSCC[C@H](NC(=O)CCOc1ccc(F)cc1)C(=O)O. The summed E-state index contributed by atoms with van der Waals surface area (Å²) in [6.07, 6.45) is 2.29. The van der Waals surface area contributed by atoms with Gasteiger partial charge < -0.3 is 15.2 Å². The number of halogens is 1. The highest BCUT2D eigenvalue weighted by Crippen LogP contribution is 2.11. The molecule has 0 saturated heterocycles. The van der Waals surface area contributed by atoms with Crippen molar-refractivity contribution in [2.75, 3.05) is 18.6 Å². The Morgan fingerprint density at radius 3 is 2.62 bits per heavy atom. The molecule has 1 atom stereocenters. The maximum absolute atomic E-state index is 12.7. The number of ether oxygens (including phenoxy) is 1. The fourth-order valence-electron chi connectivity index (χ4n) is 1.55. The van der Waals surface area contributed by atoms with Crippen LogP contribution in [0.25, 0.3) is 0 Å². The van der Waals surface area contributed by atoms with Gasteiger partial charge in [-0.15, -0.1) is 0 Å². The van der Waals surface area contributed by atoms with E-state index in [4.69, 9.17) is 9.84 Å². The van der Waals surface area contributed by atoms with Crippen LogP contribution in [0.3, 0.4) is 0 Å². The van der Waals surface area contributed by atoms with Gasteiger partial charge in [0.05, 0.1) is 13.0 Å². The van der Waals surface area contributed by atoms with Gasteiger partial charge in [-0.05, 0) is 42.7 Å². The molecule has 0 aromatic heterocycles. The molecule has 0 aliphatic carbocycles. The molecule has 2 N–H and O–H groups in total. The van der Waals surface area contributed by atoms with E-state index in [9.17, 15) is 14.0 Å². The van der Waals surface area contributed by atoms with Crippen LogP contribution in [0.5, 0.6) is 5.75 Å². The molecule has 0 aliphatic rings. The zero-order valence-electron chi connectivity index (χ0n) is 11.7. The Morgan fingerprint density at radius 1 is 1.38 bits per heavy atom. The van der Waals surface area contributed by atoms with Crippen LogP contribution in [-0.2, 0) is 9.59 Å². The lowest BCUT2D eigenvalue weighted by Crippen LogP contribution is -2.41. The minimum atomic E-state index is -1.04. The number of carboxylic acids is 1. The number of carbonyl (C=O) groups excluding carboxylic acids is 1. The Bertz CT molecular complexity index is 467. The smallest absolute Gasteiger partial charge is 0.326 e. The van der Waals surface area contributed by atoms with E-state index in [0.29, 0.717) is 17.9 Å². The van der Waals surface area contributed by atoms with Gasteiger partial charge in [-0.1, -0.05) is 0 Å².